The van der Waals surface area contributed by atoms with Gasteiger partial charge in [0, 0.05) is 6.07 Å². The lowest BCUT2D eigenvalue weighted by Crippen LogP contribution is -1.96. The maximum Gasteiger partial charge on any atom is 0.175 e. The number of hydrogen-bond acceptors (Lipinski definition) is 3. The number of benzene rings is 2. The number of rotatable bonds is 2. The predicted octanol–water partition coefficient (Wildman–Crippen LogP) is 5.00. The molecule has 0 spiro atoms. The van der Waals surface area contributed by atoms with Crippen LogP contribution in [-0.2, 0) is 0 Å². The van der Waals surface area contributed by atoms with Gasteiger partial charge < -0.3 is 0 Å². The number of halogens is 4. The molecule has 0 unspecified atom stereocenters. The first-order chi connectivity index (χ1) is 9.56. The van der Waals surface area contributed by atoms with E-state index >= 15 is 0 Å². The van der Waals surface area contributed by atoms with Crippen molar-refractivity contribution >= 4 is 33.3 Å². The zero-order valence-corrected chi connectivity index (χ0v) is 11.3. The van der Waals surface area contributed by atoms with Gasteiger partial charge in [0.1, 0.15) is 0 Å². The summed E-state index contributed by atoms with van der Waals surface area (Å²) in [5.41, 5.74) is 0.665. The summed E-state index contributed by atoms with van der Waals surface area (Å²) in [6.07, 6.45) is 0. The van der Waals surface area contributed by atoms with Crippen LogP contribution in [0.2, 0.25) is 0 Å². The highest BCUT2D eigenvalue weighted by atomic mass is 32.2. The van der Waals surface area contributed by atoms with Gasteiger partial charge in [-0.1, -0.05) is 23.9 Å². The lowest BCUT2D eigenvalue weighted by molar-refractivity contribution is 0.426. The Morgan fingerprint density at radius 1 is 0.950 bits per heavy atom. The molecular formula is C13H5F4NS2. The van der Waals surface area contributed by atoms with Gasteiger partial charge >= 0.3 is 0 Å². The first-order valence-corrected chi connectivity index (χ1v) is 7.06. The lowest BCUT2D eigenvalue weighted by Gasteiger charge is -2.04. The van der Waals surface area contributed by atoms with E-state index in [4.69, 9.17) is 0 Å². The normalized spacial score (nSPS) is 11.2. The average molecular weight is 315 g/mol. The van der Waals surface area contributed by atoms with Gasteiger partial charge in [0.05, 0.1) is 15.1 Å². The zero-order chi connectivity index (χ0) is 14.3. The molecule has 0 fully saturated rings. The average Bonchev–Trinajstić information content (AvgIpc) is 2.84. The van der Waals surface area contributed by atoms with Gasteiger partial charge in [0.15, 0.2) is 27.6 Å². The van der Waals surface area contributed by atoms with E-state index in [0.717, 1.165) is 4.70 Å². The molecule has 7 heteroatoms. The standard InChI is InChI=1S/C13H5F4NS2/c14-6-5-7(15)11(17)12(10(6)16)20-13-18-8-3-1-2-4-9(8)19-13/h1-5H. The van der Waals surface area contributed by atoms with Crippen LogP contribution < -0.4 is 0 Å². The van der Waals surface area contributed by atoms with Crippen LogP contribution in [0, 0.1) is 23.3 Å². The molecule has 20 heavy (non-hydrogen) atoms. The van der Waals surface area contributed by atoms with Crippen LogP contribution in [-0.4, -0.2) is 4.98 Å². The molecule has 0 aliphatic rings. The molecule has 0 saturated carbocycles. The van der Waals surface area contributed by atoms with Crippen molar-refractivity contribution in [1.82, 2.24) is 4.98 Å². The fraction of sp³-hybridized carbons (Fsp3) is 0. The molecule has 0 N–H and O–H groups in total. The first kappa shape index (κ1) is 13.4. The Morgan fingerprint density at radius 2 is 1.60 bits per heavy atom. The first-order valence-electron chi connectivity index (χ1n) is 5.42. The Kier molecular flexibility index (Phi) is 3.39. The summed E-state index contributed by atoms with van der Waals surface area (Å²) in [7, 11) is 0. The molecule has 0 saturated heterocycles. The van der Waals surface area contributed by atoms with Gasteiger partial charge in [0.2, 0.25) is 0 Å². The van der Waals surface area contributed by atoms with E-state index in [2.05, 4.69) is 4.98 Å². The Labute approximate surface area is 119 Å². The van der Waals surface area contributed by atoms with Crippen molar-refractivity contribution in [3.05, 3.63) is 53.6 Å². The Morgan fingerprint density at radius 3 is 2.25 bits per heavy atom. The quantitative estimate of drug-likeness (QED) is 0.487. The lowest BCUT2D eigenvalue weighted by atomic mass is 10.3. The second kappa shape index (κ2) is 5.06. The summed E-state index contributed by atoms with van der Waals surface area (Å²) in [4.78, 5) is 3.43. The largest absolute Gasteiger partial charge is 0.229 e. The van der Waals surface area contributed by atoms with Crippen molar-refractivity contribution in [2.45, 2.75) is 9.24 Å². The third kappa shape index (κ3) is 2.27. The highest BCUT2D eigenvalue weighted by Crippen LogP contribution is 2.38. The molecule has 0 amide bonds. The summed E-state index contributed by atoms with van der Waals surface area (Å²) >= 11 is 1.77. The number of thiazole rings is 1. The molecule has 0 aliphatic carbocycles. The van der Waals surface area contributed by atoms with Crippen molar-refractivity contribution in [1.29, 1.82) is 0 Å². The topological polar surface area (TPSA) is 12.9 Å². The molecular weight excluding hydrogens is 310 g/mol. The molecule has 0 aliphatic heterocycles. The molecule has 2 aromatic carbocycles. The summed E-state index contributed by atoms with van der Waals surface area (Å²) < 4.78 is 54.5. The Bertz CT molecular complexity index is 741. The fourth-order valence-corrected chi connectivity index (χ4v) is 3.70. The number of para-hydroxylation sites is 1. The van der Waals surface area contributed by atoms with Gasteiger partial charge in [0.25, 0.3) is 0 Å². The van der Waals surface area contributed by atoms with Gasteiger partial charge in [-0.15, -0.1) is 11.3 Å². The van der Waals surface area contributed by atoms with Crippen LogP contribution >= 0.6 is 23.1 Å². The molecule has 0 radical (unpaired) electrons. The predicted molar refractivity (Wildman–Crippen MR) is 70.0 cm³/mol. The SMILES string of the molecule is Fc1cc(F)c(F)c(Sc2nc3ccccc3s2)c1F. The summed E-state index contributed by atoms with van der Waals surface area (Å²) in [5, 5.41) is 0. The third-order valence-electron chi connectivity index (χ3n) is 2.54. The summed E-state index contributed by atoms with van der Waals surface area (Å²) in [5.74, 6) is -5.67. The van der Waals surface area contributed by atoms with Crippen LogP contribution in [0.25, 0.3) is 10.2 Å². The molecule has 0 atom stereocenters. The van der Waals surface area contributed by atoms with Crippen LogP contribution in [0.3, 0.4) is 0 Å². The molecule has 102 valence electrons. The zero-order valence-electron chi connectivity index (χ0n) is 9.66. The van der Waals surface area contributed by atoms with E-state index in [9.17, 15) is 17.6 Å². The van der Waals surface area contributed by atoms with Crippen LogP contribution in [0.4, 0.5) is 17.6 Å². The van der Waals surface area contributed by atoms with Crippen LogP contribution in [0.5, 0.6) is 0 Å². The third-order valence-corrected chi connectivity index (χ3v) is 4.69. The Hall–Kier alpha value is -1.60. The van der Waals surface area contributed by atoms with E-state index in [-0.39, 0.29) is 6.07 Å². The number of nitrogens with zero attached hydrogens (tertiary/aromatic N) is 1. The highest BCUT2D eigenvalue weighted by molar-refractivity contribution is 8.01. The number of fused-ring (bicyclic) bond motifs is 1. The number of hydrogen-bond donors (Lipinski definition) is 0. The maximum atomic E-state index is 13.6. The van der Waals surface area contributed by atoms with Crippen molar-refractivity contribution < 1.29 is 17.6 Å². The molecule has 0 bridgehead atoms. The van der Waals surface area contributed by atoms with Gasteiger partial charge in [-0.2, -0.15) is 0 Å². The van der Waals surface area contributed by atoms with Gasteiger partial charge in [-0.3, -0.25) is 0 Å². The maximum absolute atomic E-state index is 13.6. The van der Waals surface area contributed by atoms with Crippen molar-refractivity contribution in [2.24, 2.45) is 0 Å². The molecule has 1 nitrogen and oxygen atoms in total. The summed E-state index contributed by atoms with van der Waals surface area (Å²) in [6.45, 7) is 0. The molecule has 1 heterocycles. The van der Waals surface area contributed by atoms with E-state index in [0.29, 0.717) is 21.6 Å². The minimum Gasteiger partial charge on any atom is -0.229 e. The van der Waals surface area contributed by atoms with Crippen LogP contribution in [0.1, 0.15) is 0 Å². The van der Waals surface area contributed by atoms with Gasteiger partial charge in [-0.25, -0.2) is 22.5 Å². The second-order valence-corrected chi connectivity index (χ2v) is 6.13. The van der Waals surface area contributed by atoms with E-state index in [1.165, 1.54) is 11.3 Å². The van der Waals surface area contributed by atoms with E-state index in [1.807, 2.05) is 0 Å². The Balaban J connectivity index is 2.07. The monoisotopic (exact) mass is 315 g/mol. The highest BCUT2D eigenvalue weighted by Gasteiger charge is 2.21. The number of aromatic nitrogens is 1. The van der Waals surface area contributed by atoms with Crippen molar-refractivity contribution in [3.63, 3.8) is 0 Å². The van der Waals surface area contributed by atoms with E-state index < -0.39 is 28.2 Å². The molecule has 3 rings (SSSR count). The minimum absolute atomic E-state index is 0.188. The smallest absolute Gasteiger partial charge is 0.175 e. The molecule has 3 aromatic rings. The second-order valence-electron chi connectivity index (χ2n) is 3.85. The van der Waals surface area contributed by atoms with Gasteiger partial charge in [-0.05, 0) is 12.1 Å². The van der Waals surface area contributed by atoms with Crippen molar-refractivity contribution in [2.75, 3.05) is 0 Å². The van der Waals surface area contributed by atoms with Crippen LogP contribution in [0.15, 0.2) is 39.6 Å². The minimum atomic E-state index is -1.42. The fourth-order valence-electron chi connectivity index (χ4n) is 1.62. The summed E-state index contributed by atoms with van der Waals surface area (Å²) in [6, 6.07) is 7.31. The van der Waals surface area contributed by atoms with E-state index in [1.54, 1.807) is 24.3 Å². The van der Waals surface area contributed by atoms with Crippen molar-refractivity contribution in [3.8, 4) is 0 Å². The molecule has 1 aromatic heterocycles.